The molecule has 0 spiro atoms. The predicted octanol–water partition coefficient (Wildman–Crippen LogP) is 4.16. The van der Waals surface area contributed by atoms with Crippen molar-refractivity contribution in [3.63, 3.8) is 0 Å². The van der Waals surface area contributed by atoms with Gasteiger partial charge in [-0.2, -0.15) is 0 Å². The number of esters is 1. The second kappa shape index (κ2) is 8.70. The molecule has 1 aromatic carbocycles. The number of hydrogen-bond donors (Lipinski definition) is 0. The van der Waals surface area contributed by atoms with Crippen LogP contribution < -0.4 is 4.74 Å². The Morgan fingerprint density at radius 2 is 1.96 bits per heavy atom. The lowest BCUT2D eigenvalue weighted by Crippen LogP contribution is -2.44. The van der Waals surface area contributed by atoms with E-state index in [0.29, 0.717) is 26.2 Å². The van der Waals surface area contributed by atoms with Crippen molar-refractivity contribution in [3.05, 3.63) is 29.8 Å². The molecule has 1 aromatic rings. The van der Waals surface area contributed by atoms with Gasteiger partial charge in [0.2, 0.25) is 0 Å². The van der Waals surface area contributed by atoms with E-state index in [0.717, 1.165) is 44.0 Å². The number of benzene rings is 1. The van der Waals surface area contributed by atoms with Gasteiger partial charge in [0.1, 0.15) is 5.75 Å². The average Bonchev–Trinajstić information content (AvgIpc) is 3.40. The summed E-state index contributed by atoms with van der Waals surface area (Å²) in [5, 5.41) is 0. The standard InChI is InChI=1S/C21H30O4/c1-2-24-20(22)13-21(15-23-16-21)12-4-3-5-17-8-10-19(11-9-17)25-14-18-6-7-18/h8-11,18H,2-7,12-16H2,1H3. The molecule has 25 heavy (non-hydrogen) atoms. The van der Waals surface area contributed by atoms with Crippen molar-refractivity contribution < 1.29 is 19.0 Å². The summed E-state index contributed by atoms with van der Waals surface area (Å²) < 4.78 is 16.2. The first-order chi connectivity index (χ1) is 12.2. The van der Waals surface area contributed by atoms with E-state index in [9.17, 15) is 4.79 Å². The van der Waals surface area contributed by atoms with Crippen LogP contribution in [0.3, 0.4) is 0 Å². The third-order valence-corrected chi connectivity index (χ3v) is 5.17. The molecule has 0 bridgehead atoms. The molecule has 0 amide bonds. The quantitative estimate of drug-likeness (QED) is 0.446. The Morgan fingerprint density at radius 1 is 1.20 bits per heavy atom. The van der Waals surface area contributed by atoms with Gasteiger partial charge in [-0.05, 0) is 62.6 Å². The maximum absolute atomic E-state index is 11.7. The predicted molar refractivity (Wildman–Crippen MR) is 96.7 cm³/mol. The van der Waals surface area contributed by atoms with Crippen LogP contribution >= 0.6 is 0 Å². The van der Waals surface area contributed by atoms with Crippen LogP contribution in [0.4, 0.5) is 0 Å². The van der Waals surface area contributed by atoms with E-state index in [1.807, 2.05) is 6.92 Å². The summed E-state index contributed by atoms with van der Waals surface area (Å²) >= 11 is 0. The Balaban J connectivity index is 1.35. The topological polar surface area (TPSA) is 44.8 Å². The molecule has 1 saturated heterocycles. The molecule has 138 valence electrons. The van der Waals surface area contributed by atoms with Crippen LogP contribution in [0.1, 0.15) is 51.0 Å². The summed E-state index contributed by atoms with van der Waals surface area (Å²) in [6.45, 7) is 4.56. The minimum absolute atomic E-state index is 0.0206. The molecule has 0 N–H and O–H groups in total. The minimum atomic E-state index is -0.0902. The Labute approximate surface area is 150 Å². The van der Waals surface area contributed by atoms with Gasteiger partial charge >= 0.3 is 5.97 Å². The zero-order valence-electron chi connectivity index (χ0n) is 15.3. The molecule has 1 aliphatic heterocycles. The molecule has 2 aliphatic rings. The first-order valence-electron chi connectivity index (χ1n) is 9.64. The van der Waals surface area contributed by atoms with Gasteiger partial charge in [-0.15, -0.1) is 0 Å². The summed E-state index contributed by atoms with van der Waals surface area (Å²) in [6.07, 6.45) is 7.48. The fourth-order valence-electron chi connectivity index (χ4n) is 3.32. The van der Waals surface area contributed by atoms with E-state index in [-0.39, 0.29) is 11.4 Å². The van der Waals surface area contributed by atoms with Crippen LogP contribution in [-0.2, 0) is 20.7 Å². The van der Waals surface area contributed by atoms with Gasteiger partial charge in [-0.25, -0.2) is 0 Å². The second-order valence-corrected chi connectivity index (χ2v) is 7.58. The van der Waals surface area contributed by atoms with Gasteiger partial charge < -0.3 is 14.2 Å². The summed E-state index contributed by atoms with van der Waals surface area (Å²) in [5.41, 5.74) is 1.37. The van der Waals surface area contributed by atoms with Crippen LogP contribution in [0.25, 0.3) is 0 Å². The highest BCUT2D eigenvalue weighted by Gasteiger charge is 2.40. The Hall–Kier alpha value is -1.55. The van der Waals surface area contributed by atoms with Gasteiger partial charge in [0, 0.05) is 5.41 Å². The number of carbonyl (C=O) groups excluding carboxylic acids is 1. The van der Waals surface area contributed by atoms with E-state index in [1.165, 1.54) is 18.4 Å². The molecule has 0 radical (unpaired) electrons. The number of ether oxygens (including phenoxy) is 3. The van der Waals surface area contributed by atoms with Crippen LogP contribution in [0, 0.1) is 11.3 Å². The van der Waals surface area contributed by atoms with Gasteiger partial charge in [0.05, 0.1) is 32.8 Å². The summed E-state index contributed by atoms with van der Waals surface area (Å²) in [4.78, 5) is 11.7. The number of carbonyl (C=O) groups is 1. The van der Waals surface area contributed by atoms with Gasteiger partial charge in [-0.3, -0.25) is 4.79 Å². The Kier molecular flexibility index (Phi) is 6.35. The second-order valence-electron chi connectivity index (χ2n) is 7.58. The molecule has 1 aliphatic carbocycles. The minimum Gasteiger partial charge on any atom is -0.493 e. The van der Waals surface area contributed by atoms with Crippen molar-refractivity contribution in [1.82, 2.24) is 0 Å². The lowest BCUT2D eigenvalue weighted by atomic mass is 9.77. The van der Waals surface area contributed by atoms with E-state index < -0.39 is 0 Å². The molecular weight excluding hydrogens is 316 g/mol. The highest BCUT2D eigenvalue weighted by Crippen LogP contribution is 2.37. The lowest BCUT2D eigenvalue weighted by molar-refractivity contribution is -0.163. The SMILES string of the molecule is CCOC(=O)CC1(CCCCc2ccc(OCC3CC3)cc2)COC1. The van der Waals surface area contributed by atoms with Gasteiger partial charge in [0.25, 0.3) is 0 Å². The third-order valence-electron chi connectivity index (χ3n) is 5.17. The maximum Gasteiger partial charge on any atom is 0.306 e. The molecule has 4 nitrogen and oxygen atoms in total. The van der Waals surface area contributed by atoms with Crippen molar-refractivity contribution in [2.45, 2.75) is 51.9 Å². The van der Waals surface area contributed by atoms with E-state index in [4.69, 9.17) is 14.2 Å². The number of unbranched alkanes of at least 4 members (excludes halogenated alkanes) is 1. The van der Waals surface area contributed by atoms with Crippen LogP contribution in [0.15, 0.2) is 24.3 Å². The summed E-state index contributed by atoms with van der Waals surface area (Å²) in [7, 11) is 0. The van der Waals surface area contributed by atoms with Crippen LogP contribution in [0.2, 0.25) is 0 Å². The normalized spacial score (nSPS) is 18.4. The first-order valence-corrected chi connectivity index (χ1v) is 9.64. The molecule has 0 unspecified atom stereocenters. The first kappa shape index (κ1) is 18.2. The molecule has 1 saturated carbocycles. The Morgan fingerprint density at radius 3 is 2.56 bits per heavy atom. The van der Waals surface area contributed by atoms with E-state index >= 15 is 0 Å². The van der Waals surface area contributed by atoms with Crippen molar-refractivity contribution in [3.8, 4) is 5.75 Å². The molecular formula is C21H30O4. The van der Waals surface area contributed by atoms with Crippen LogP contribution in [-0.4, -0.2) is 32.4 Å². The van der Waals surface area contributed by atoms with Crippen molar-refractivity contribution in [1.29, 1.82) is 0 Å². The fraction of sp³-hybridized carbons (Fsp3) is 0.667. The van der Waals surface area contributed by atoms with Crippen LogP contribution in [0.5, 0.6) is 5.75 Å². The molecule has 3 rings (SSSR count). The molecule has 1 heterocycles. The number of aryl methyl sites for hydroxylation is 1. The largest absolute Gasteiger partial charge is 0.493 e. The molecule has 2 fully saturated rings. The van der Waals surface area contributed by atoms with Crippen molar-refractivity contribution in [2.24, 2.45) is 11.3 Å². The number of rotatable bonds is 11. The van der Waals surface area contributed by atoms with Gasteiger partial charge in [-0.1, -0.05) is 18.6 Å². The molecule has 4 heteroatoms. The van der Waals surface area contributed by atoms with E-state index in [1.54, 1.807) is 0 Å². The lowest BCUT2D eigenvalue weighted by Gasteiger charge is -2.41. The van der Waals surface area contributed by atoms with E-state index in [2.05, 4.69) is 24.3 Å². The molecule has 0 atom stereocenters. The van der Waals surface area contributed by atoms with Crippen molar-refractivity contribution in [2.75, 3.05) is 26.4 Å². The maximum atomic E-state index is 11.7. The summed E-state index contributed by atoms with van der Waals surface area (Å²) in [5.74, 6) is 1.68. The zero-order chi connectivity index (χ0) is 17.5. The third kappa shape index (κ3) is 5.74. The highest BCUT2D eigenvalue weighted by atomic mass is 16.5. The average molecular weight is 346 g/mol. The fourth-order valence-corrected chi connectivity index (χ4v) is 3.32. The summed E-state index contributed by atoms with van der Waals surface area (Å²) in [6, 6.07) is 8.51. The van der Waals surface area contributed by atoms with Gasteiger partial charge in [0.15, 0.2) is 0 Å². The zero-order valence-corrected chi connectivity index (χ0v) is 15.3. The monoisotopic (exact) mass is 346 g/mol. The Bertz CT molecular complexity index is 544. The number of hydrogen-bond acceptors (Lipinski definition) is 4. The smallest absolute Gasteiger partial charge is 0.306 e. The van der Waals surface area contributed by atoms with Crippen molar-refractivity contribution >= 4 is 5.97 Å². The molecule has 0 aromatic heterocycles. The highest BCUT2D eigenvalue weighted by molar-refractivity contribution is 5.70.